The van der Waals surface area contributed by atoms with Crippen LogP contribution in [0.3, 0.4) is 0 Å². The molecule has 0 spiro atoms. The Hall–Kier alpha value is -0.360. The highest BCUT2D eigenvalue weighted by atomic mass is 32.2. The zero-order chi connectivity index (χ0) is 15.1. The quantitative estimate of drug-likeness (QED) is 0.592. The number of nitrogens with two attached hydrogens (primary N) is 1. The van der Waals surface area contributed by atoms with E-state index in [0.29, 0.717) is 10.5 Å². The number of ether oxygens (including phenoxy) is 1. The van der Waals surface area contributed by atoms with Crippen LogP contribution in [0.15, 0.2) is 24.3 Å². The van der Waals surface area contributed by atoms with Gasteiger partial charge in [0.2, 0.25) is 0 Å². The lowest BCUT2D eigenvalue weighted by molar-refractivity contribution is 0.317. The van der Waals surface area contributed by atoms with E-state index in [-0.39, 0.29) is 6.04 Å². The molecule has 3 N–H and O–H groups in total. The molecule has 0 aromatic heterocycles. The monoisotopic (exact) mass is 326 g/mol. The third kappa shape index (κ3) is 4.55. The van der Waals surface area contributed by atoms with Gasteiger partial charge in [-0.05, 0) is 30.5 Å². The van der Waals surface area contributed by atoms with Gasteiger partial charge in [0.25, 0.3) is 0 Å². The molecule has 1 heterocycles. The summed E-state index contributed by atoms with van der Waals surface area (Å²) in [5.41, 5.74) is 4.29. The summed E-state index contributed by atoms with van der Waals surface area (Å²) in [6.45, 7) is 5.16. The Morgan fingerprint density at radius 1 is 1.24 bits per heavy atom. The lowest BCUT2D eigenvalue weighted by Crippen LogP contribution is -2.41. The molecule has 0 amide bonds. The van der Waals surface area contributed by atoms with Crippen molar-refractivity contribution in [3.8, 4) is 5.75 Å². The molecule has 3 atom stereocenters. The van der Waals surface area contributed by atoms with E-state index in [1.807, 2.05) is 11.8 Å². The van der Waals surface area contributed by atoms with Crippen molar-refractivity contribution in [1.29, 1.82) is 0 Å². The third-order valence-electron chi connectivity index (χ3n) is 3.71. The van der Waals surface area contributed by atoms with Gasteiger partial charge in [-0.2, -0.15) is 23.5 Å². The largest absolute Gasteiger partial charge is 0.494 e. The molecule has 3 nitrogen and oxygen atoms in total. The first-order chi connectivity index (χ1) is 10.3. The van der Waals surface area contributed by atoms with Crippen molar-refractivity contribution in [2.75, 3.05) is 18.1 Å². The predicted octanol–water partition coefficient (Wildman–Crippen LogP) is 3.61. The maximum Gasteiger partial charge on any atom is 0.119 e. The summed E-state index contributed by atoms with van der Waals surface area (Å²) in [5.74, 6) is 9.27. The zero-order valence-electron chi connectivity index (χ0n) is 12.9. The van der Waals surface area contributed by atoms with Crippen molar-refractivity contribution < 1.29 is 4.74 Å². The molecule has 1 aromatic carbocycles. The van der Waals surface area contributed by atoms with Crippen molar-refractivity contribution in [2.24, 2.45) is 5.84 Å². The minimum absolute atomic E-state index is 0.202. The molecule has 1 aliphatic rings. The van der Waals surface area contributed by atoms with Crippen LogP contribution in [0.25, 0.3) is 0 Å². The molecular formula is C16H26N2OS2. The maximum atomic E-state index is 5.87. The van der Waals surface area contributed by atoms with E-state index in [1.165, 1.54) is 23.5 Å². The minimum Gasteiger partial charge on any atom is -0.494 e. The van der Waals surface area contributed by atoms with Crippen molar-refractivity contribution in [1.82, 2.24) is 5.43 Å². The van der Waals surface area contributed by atoms with Crippen molar-refractivity contribution in [3.05, 3.63) is 29.8 Å². The molecule has 0 aliphatic carbocycles. The summed E-state index contributed by atoms with van der Waals surface area (Å²) in [6.07, 6.45) is 2.22. The minimum atomic E-state index is 0.202. The second-order valence-corrected chi connectivity index (χ2v) is 7.85. The number of nitrogens with one attached hydrogen (secondary N) is 1. The van der Waals surface area contributed by atoms with Crippen LogP contribution in [0, 0.1) is 0 Å². The Bertz CT molecular complexity index is 413. The number of hydrazine groups is 1. The van der Waals surface area contributed by atoms with Crippen LogP contribution in [-0.2, 0) is 0 Å². The molecule has 5 heteroatoms. The smallest absolute Gasteiger partial charge is 0.119 e. The average molecular weight is 327 g/mol. The van der Waals surface area contributed by atoms with Crippen LogP contribution in [0.1, 0.15) is 38.3 Å². The molecule has 1 aromatic rings. The molecule has 21 heavy (non-hydrogen) atoms. The Kier molecular flexibility index (Phi) is 7.23. The first-order valence-corrected chi connectivity index (χ1v) is 9.82. The molecule has 3 unspecified atom stereocenters. The normalized spacial score (nSPS) is 23.8. The van der Waals surface area contributed by atoms with Gasteiger partial charge in [-0.25, -0.2) is 0 Å². The molecule has 1 fully saturated rings. The summed E-state index contributed by atoms with van der Waals surface area (Å²) in [4.78, 5) is 0. The van der Waals surface area contributed by atoms with Gasteiger partial charge in [0.05, 0.1) is 12.6 Å². The van der Waals surface area contributed by atoms with Gasteiger partial charge >= 0.3 is 0 Å². The van der Waals surface area contributed by atoms with E-state index in [9.17, 15) is 0 Å². The molecule has 0 radical (unpaired) electrons. The van der Waals surface area contributed by atoms with E-state index in [0.717, 1.165) is 18.8 Å². The molecule has 2 rings (SSSR count). The highest BCUT2D eigenvalue weighted by molar-refractivity contribution is 8.07. The van der Waals surface area contributed by atoms with Crippen LogP contribution in [-0.4, -0.2) is 28.6 Å². The summed E-state index contributed by atoms with van der Waals surface area (Å²) < 4.78 is 5.65. The SMILES string of the molecule is CCCOc1ccc(C(NN)C2SCCSC2CC)cc1. The first-order valence-electron chi connectivity index (χ1n) is 7.72. The predicted molar refractivity (Wildman–Crippen MR) is 95.1 cm³/mol. The Labute approximate surface area is 136 Å². The number of hydrogen-bond donors (Lipinski definition) is 2. The van der Waals surface area contributed by atoms with Gasteiger partial charge in [0.1, 0.15) is 5.75 Å². The van der Waals surface area contributed by atoms with E-state index in [4.69, 9.17) is 10.6 Å². The summed E-state index contributed by atoms with van der Waals surface area (Å²) >= 11 is 4.13. The second-order valence-electron chi connectivity index (χ2n) is 5.21. The van der Waals surface area contributed by atoms with Gasteiger partial charge < -0.3 is 4.74 Å². The number of thioether (sulfide) groups is 2. The van der Waals surface area contributed by atoms with Crippen LogP contribution in [0.5, 0.6) is 5.75 Å². The Balaban J connectivity index is 2.08. The molecule has 0 bridgehead atoms. The molecule has 118 valence electrons. The fourth-order valence-corrected chi connectivity index (χ4v) is 5.85. The van der Waals surface area contributed by atoms with E-state index < -0.39 is 0 Å². The van der Waals surface area contributed by atoms with Crippen molar-refractivity contribution in [2.45, 2.75) is 43.2 Å². The standard InChI is InChI=1S/C16H26N2OS2/c1-3-9-19-13-7-5-12(6-8-13)15(18-17)16-14(4-2)20-10-11-21-16/h5-8,14-16,18H,3-4,9-11,17H2,1-2H3. The maximum absolute atomic E-state index is 5.87. The van der Waals surface area contributed by atoms with Crippen molar-refractivity contribution >= 4 is 23.5 Å². The topological polar surface area (TPSA) is 47.3 Å². The van der Waals surface area contributed by atoms with E-state index >= 15 is 0 Å². The summed E-state index contributed by atoms with van der Waals surface area (Å²) in [5, 5.41) is 1.20. The first kappa shape index (κ1) is 17.0. The van der Waals surface area contributed by atoms with Crippen LogP contribution in [0.2, 0.25) is 0 Å². The fourth-order valence-electron chi connectivity index (χ4n) is 2.62. The lowest BCUT2D eigenvalue weighted by atomic mass is 10.0. The van der Waals surface area contributed by atoms with Gasteiger partial charge in [-0.1, -0.05) is 26.0 Å². The Morgan fingerprint density at radius 3 is 2.57 bits per heavy atom. The van der Waals surface area contributed by atoms with Gasteiger partial charge in [0, 0.05) is 22.0 Å². The molecule has 1 saturated heterocycles. The van der Waals surface area contributed by atoms with Gasteiger partial charge in [0.15, 0.2) is 0 Å². The third-order valence-corrected chi connectivity index (χ3v) is 7.07. The van der Waals surface area contributed by atoms with Crippen molar-refractivity contribution in [3.63, 3.8) is 0 Å². The highest BCUT2D eigenvalue weighted by Crippen LogP contribution is 2.40. The fraction of sp³-hybridized carbons (Fsp3) is 0.625. The van der Waals surface area contributed by atoms with E-state index in [2.05, 4.69) is 55.3 Å². The van der Waals surface area contributed by atoms with Crippen LogP contribution < -0.4 is 16.0 Å². The summed E-state index contributed by atoms with van der Waals surface area (Å²) in [7, 11) is 0. The van der Waals surface area contributed by atoms with Crippen LogP contribution >= 0.6 is 23.5 Å². The van der Waals surface area contributed by atoms with E-state index in [1.54, 1.807) is 0 Å². The zero-order valence-corrected chi connectivity index (χ0v) is 14.5. The van der Waals surface area contributed by atoms with Gasteiger partial charge in [-0.15, -0.1) is 0 Å². The van der Waals surface area contributed by atoms with Crippen LogP contribution in [0.4, 0.5) is 0 Å². The summed E-state index contributed by atoms with van der Waals surface area (Å²) in [6, 6.07) is 8.59. The number of hydrogen-bond acceptors (Lipinski definition) is 5. The molecule has 0 saturated carbocycles. The van der Waals surface area contributed by atoms with Gasteiger partial charge in [-0.3, -0.25) is 11.3 Å². The highest BCUT2D eigenvalue weighted by Gasteiger charge is 2.32. The molecule has 1 aliphatic heterocycles. The molecular weight excluding hydrogens is 300 g/mol. The number of benzene rings is 1. The Morgan fingerprint density at radius 2 is 1.95 bits per heavy atom. The lowest BCUT2D eigenvalue weighted by Gasteiger charge is -2.35. The number of rotatable bonds is 7. The average Bonchev–Trinajstić information content (AvgIpc) is 2.55. The second kappa shape index (κ2) is 8.93.